The Bertz CT molecular complexity index is 773. The van der Waals surface area contributed by atoms with Crippen molar-refractivity contribution < 1.29 is 24.1 Å². The number of ether oxygens (including phenoxy) is 1. The first-order valence-corrected chi connectivity index (χ1v) is 7.55. The number of aliphatic hydroxyl groups excluding tert-OH is 1. The Morgan fingerprint density at radius 1 is 1.29 bits per heavy atom. The molecule has 0 bridgehead atoms. The van der Waals surface area contributed by atoms with E-state index in [1.807, 2.05) is 0 Å². The van der Waals surface area contributed by atoms with Crippen LogP contribution in [0.1, 0.15) is 46.1 Å². The van der Waals surface area contributed by atoms with Crippen molar-refractivity contribution in [3.63, 3.8) is 0 Å². The van der Waals surface area contributed by atoms with E-state index in [4.69, 9.17) is 10.5 Å². The van der Waals surface area contributed by atoms with Gasteiger partial charge < -0.3 is 20.7 Å². The maximum absolute atomic E-state index is 12.9. The molecular formula is C17H17FN2O4. The molecule has 7 heteroatoms. The van der Waals surface area contributed by atoms with Crippen LogP contribution in [0.3, 0.4) is 0 Å². The lowest BCUT2D eigenvalue weighted by molar-refractivity contribution is 0.0992. The second kappa shape index (κ2) is 6.45. The molecule has 6 nitrogen and oxygen atoms in total. The molecule has 1 fully saturated rings. The summed E-state index contributed by atoms with van der Waals surface area (Å²) in [6.07, 6.45) is 1.81. The Balaban J connectivity index is 1.97. The van der Waals surface area contributed by atoms with Crippen molar-refractivity contribution in [2.45, 2.75) is 32.0 Å². The minimum Gasteiger partial charge on any atom is -0.505 e. The summed E-state index contributed by atoms with van der Waals surface area (Å²) in [6, 6.07) is 5.51. The van der Waals surface area contributed by atoms with Gasteiger partial charge in [-0.3, -0.25) is 4.79 Å². The Hall–Kier alpha value is -2.67. The van der Waals surface area contributed by atoms with Gasteiger partial charge in [-0.15, -0.1) is 0 Å². The largest absolute Gasteiger partial charge is 0.505 e. The Labute approximate surface area is 137 Å². The van der Waals surface area contributed by atoms with Crippen molar-refractivity contribution in [1.82, 2.24) is 4.98 Å². The first-order valence-electron chi connectivity index (χ1n) is 7.55. The van der Waals surface area contributed by atoms with Gasteiger partial charge in [0.25, 0.3) is 5.91 Å². The molecule has 0 unspecified atom stereocenters. The first kappa shape index (κ1) is 16.2. The summed E-state index contributed by atoms with van der Waals surface area (Å²) >= 11 is 0. The van der Waals surface area contributed by atoms with Gasteiger partial charge in [-0.1, -0.05) is 0 Å². The van der Waals surface area contributed by atoms with E-state index in [1.54, 1.807) is 0 Å². The van der Waals surface area contributed by atoms with Gasteiger partial charge in [0.2, 0.25) is 0 Å². The van der Waals surface area contributed by atoms with E-state index in [0.29, 0.717) is 17.0 Å². The number of carbonyl (C=O) groups excluding carboxylic acids is 1. The Kier molecular flexibility index (Phi) is 4.35. The normalized spacial score (nSPS) is 13.8. The average Bonchev–Trinajstić information content (AvgIpc) is 3.38. The van der Waals surface area contributed by atoms with Gasteiger partial charge in [-0.25, -0.2) is 9.37 Å². The van der Waals surface area contributed by atoms with Gasteiger partial charge in [-0.05, 0) is 37.1 Å². The maximum Gasteiger partial charge on any atom is 0.271 e. The molecule has 1 heterocycles. The summed E-state index contributed by atoms with van der Waals surface area (Å²) in [4.78, 5) is 15.7. The van der Waals surface area contributed by atoms with Crippen LogP contribution in [0.4, 0.5) is 4.39 Å². The number of carbonyl (C=O) groups is 1. The maximum atomic E-state index is 12.9. The van der Waals surface area contributed by atoms with Crippen LogP contribution in [0, 0.1) is 5.82 Å². The van der Waals surface area contributed by atoms with Gasteiger partial charge in [0, 0.05) is 17.0 Å². The average molecular weight is 332 g/mol. The monoisotopic (exact) mass is 332 g/mol. The number of nitrogens with zero attached hydrogens (tertiary/aromatic N) is 1. The standard InChI is InChI=1S/C17H17FN2O4/c18-10-3-5-11(6-4-10)24-8-13-12(7-21)16(22)15(17(19)23)20-14(13)9-1-2-9/h3-6,9,21-22H,1-2,7-8H2,(H2,19,23). The van der Waals surface area contributed by atoms with Gasteiger partial charge in [0.15, 0.2) is 11.4 Å². The number of pyridine rings is 1. The predicted molar refractivity (Wildman–Crippen MR) is 83.0 cm³/mol. The smallest absolute Gasteiger partial charge is 0.271 e. The van der Waals surface area contributed by atoms with Gasteiger partial charge in [-0.2, -0.15) is 0 Å². The lowest BCUT2D eigenvalue weighted by Crippen LogP contribution is -2.18. The number of hydrogen-bond donors (Lipinski definition) is 3. The molecule has 3 rings (SSSR count). The molecule has 1 aliphatic rings. The Morgan fingerprint density at radius 2 is 1.96 bits per heavy atom. The third-order valence-electron chi connectivity index (χ3n) is 3.97. The minimum atomic E-state index is -0.852. The van der Waals surface area contributed by atoms with E-state index in [-0.39, 0.29) is 29.6 Å². The highest BCUT2D eigenvalue weighted by atomic mass is 19.1. The number of rotatable bonds is 6. The van der Waals surface area contributed by atoms with Crippen LogP contribution in [0.25, 0.3) is 0 Å². The van der Waals surface area contributed by atoms with Crippen LogP contribution < -0.4 is 10.5 Å². The van der Waals surface area contributed by atoms with Crippen molar-refractivity contribution in [2.75, 3.05) is 0 Å². The summed E-state index contributed by atoms with van der Waals surface area (Å²) < 4.78 is 18.6. The van der Waals surface area contributed by atoms with Crippen LogP contribution in [0.15, 0.2) is 24.3 Å². The molecular weight excluding hydrogens is 315 g/mol. The second-order valence-electron chi connectivity index (χ2n) is 5.69. The Morgan fingerprint density at radius 3 is 2.50 bits per heavy atom. The summed E-state index contributed by atoms with van der Waals surface area (Å²) in [5, 5.41) is 19.8. The molecule has 0 aliphatic heterocycles. The molecule has 0 radical (unpaired) electrons. The number of halogens is 1. The van der Waals surface area contributed by atoms with Gasteiger partial charge in [0.1, 0.15) is 18.2 Å². The summed E-state index contributed by atoms with van der Waals surface area (Å²) in [6.45, 7) is -0.441. The van der Waals surface area contributed by atoms with Crippen LogP contribution in [-0.2, 0) is 13.2 Å². The first-order chi connectivity index (χ1) is 11.5. The van der Waals surface area contributed by atoms with Gasteiger partial charge in [0.05, 0.1) is 12.3 Å². The van der Waals surface area contributed by atoms with Crippen LogP contribution in [0.5, 0.6) is 11.5 Å². The van der Waals surface area contributed by atoms with E-state index in [2.05, 4.69) is 4.98 Å². The zero-order valence-corrected chi connectivity index (χ0v) is 12.8. The van der Waals surface area contributed by atoms with E-state index >= 15 is 0 Å². The molecule has 0 spiro atoms. The van der Waals surface area contributed by atoms with Crippen molar-refractivity contribution in [2.24, 2.45) is 5.73 Å². The molecule has 1 aromatic heterocycles. The van der Waals surface area contributed by atoms with Crippen molar-refractivity contribution >= 4 is 5.91 Å². The number of aromatic hydroxyl groups is 1. The lowest BCUT2D eigenvalue weighted by atomic mass is 10.0. The molecule has 4 N–H and O–H groups in total. The van der Waals surface area contributed by atoms with Gasteiger partial charge >= 0.3 is 0 Å². The molecule has 2 aromatic rings. The molecule has 24 heavy (non-hydrogen) atoms. The van der Waals surface area contributed by atoms with Crippen LogP contribution in [0.2, 0.25) is 0 Å². The van der Waals surface area contributed by atoms with E-state index in [0.717, 1.165) is 12.8 Å². The zero-order chi connectivity index (χ0) is 17.3. The molecule has 1 amide bonds. The lowest BCUT2D eigenvalue weighted by Gasteiger charge is -2.17. The highest BCUT2D eigenvalue weighted by molar-refractivity contribution is 5.94. The van der Waals surface area contributed by atoms with E-state index in [9.17, 15) is 19.4 Å². The fourth-order valence-corrected chi connectivity index (χ4v) is 2.57. The van der Waals surface area contributed by atoms with Crippen LogP contribution >= 0.6 is 0 Å². The topological polar surface area (TPSA) is 106 Å². The number of hydrogen-bond acceptors (Lipinski definition) is 5. The number of aromatic nitrogens is 1. The third kappa shape index (κ3) is 3.16. The second-order valence-corrected chi connectivity index (χ2v) is 5.69. The number of amides is 1. The molecule has 1 aromatic carbocycles. The fraction of sp³-hybridized carbons (Fsp3) is 0.294. The van der Waals surface area contributed by atoms with E-state index in [1.165, 1.54) is 24.3 Å². The van der Waals surface area contributed by atoms with E-state index < -0.39 is 18.3 Å². The number of benzene rings is 1. The molecule has 1 aliphatic carbocycles. The third-order valence-corrected chi connectivity index (χ3v) is 3.97. The van der Waals surface area contributed by atoms with Crippen molar-refractivity contribution in [1.29, 1.82) is 0 Å². The quantitative estimate of drug-likeness (QED) is 0.750. The number of aliphatic hydroxyl groups is 1. The minimum absolute atomic E-state index is 0.0347. The zero-order valence-electron chi connectivity index (χ0n) is 12.8. The molecule has 1 saturated carbocycles. The highest BCUT2D eigenvalue weighted by Crippen LogP contribution is 2.43. The number of primary amides is 1. The van der Waals surface area contributed by atoms with Crippen molar-refractivity contribution in [3.8, 4) is 11.5 Å². The summed E-state index contributed by atoms with van der Waals surface area (Å²) in [5.74, 6) is -1.05. The predicted octanol–water partition coefficient (Wildman–Crippen LogP) is 1.97. The summed E-state index contributed by atoms with van der Waals surface area (Å²) in [7, 11) is 0. The molecule has 126 valence electrons. The SMILES string of the molecule is NC(=O)c1nc(C2CC2)c(COc2ccc(F)cc2)c(CO)c1O. The molecule has 0 saturated heterocycles. The molecule has 0 atom stereocenters. The van der Waals surface area contributed by atoms with Crippen LogP contribution in [-0.4, -0.2) is 21.1 Å². The number of nitrogens with two attached hydrogens (primary N) is 1. The fourth-order valence-electron chi connectivity index (χ4n) is 2.57. The summed E-state index contributed by atoms with van der Waals surface area (Å²) in [5.41, 5.74) is 6.32. The highest BCUT2D eigenvalue weighted by Gasteiger charge is 2.32. The van der Waals surface area contributed by atoms with Crippen molar-refractivity contribution in [3.05, 3.63) is 52.6 Å².